The Morgan fingerprint density at radius 3 is 3.07 bits per heavy atom. The molecule has 1 aromatic heterocycles. The molecule has 0 saturated carbocycles. The summed E-state index contributed by atoms with van der Waals surface area (Å²) in [6.07, 6.45) is 2.61. The van der Waals surface area contributed by atoms with Crippen LogP contribution < -0.4 is 10.6 Å². The van der Waals surface area contributed by atoms with Gasteiger partial charge in [-0.05, 0) is 25.5 Å². The zero-order valence-corrected chi connectivity index (χ0v) is 8.72. The monoisotopic (exact) mass is 202 g/mol. The Bertz CT molecular complexity index is 396. The van der Waals surface area contributed by atoms with Crippen LogP contribution in [0.15, 0.2) is 18.3 Å². The molecule has 4 nitrogen and oxygen atoms in total. The minimum absolute atomic E-state index is 0.191. The van der Waals surface area contributed by atoms with Crippen LogP contribution in [0.2, 0.25) is 0 Å². The molecule has 1 fully saturated rings. The Labute approximate surface area is 89.3 Å². The molecule has 2 rings (SSSR count). The van der Waals surface area contributed by atoms with Crippen LogP contribution in [-0.2, 0) is 0 Å². The normalized spacial score (nSPS) is 25.3. The Hall–Kier alpha value is -1.60. The fourth-order valence-corrected chi connectivity index (χ4v) is 2.02. The quantitative estimate of drug-likeness (QED) is 0.734. The maximum Gasteiger partial charge on any atom is 0.163 e. The molecule has 0 bridgehead atoms. The summed E-state index contributed by atoms with van der Waals surface area (Å²) in [7, 11) is 0. The average molecular weight is 202 g/mol. The minimum atomic E-state index is 0.191. The summed E-state index contributed by atoms with van der Waals surface area (Å²) in [6.45, 7) is 2.99. The molecule has 0 spiro atoms. The molecule has 1 aliphatic heterocycles. The van der Waals surface area contributed by atoms with Crippen molar-refractivity contribution in [3.8, 4) is 6.07 Å². The third-order valence-electron chi connectivity index (χ3n) is 3.02. The van der Waals surface area contributed by atoms with Crippen molar-refractivity contribution < 1.29 is 0 Å². The molecule has 78 valence electrons. The van der Waals surface area contributed by atoms with Gasteiger partial charge in [-0.15, -0.1) is 0 Å². The van der Waals surface area contributed by atoms with Crippen LogP contribution in [0.4, 0.5) is 5.69 Å². The van der Waals surface area contributed by atoms with E-state index in [0.29, 0.717) is 5.69 Å². The Balaban J connectivity index is 2.34. The summed E-state index contributed by atoms with van der Waals surface area (Å²) in [4.78, 5) is 6.22. The van der Waals surface area contributed by atoms with Crippen molar-refractivity contribution >= 4 is 5.69 Å². The van der Waals surface area contributed by atoms with Gasteiger partial charge in [-0.25, -0.2) is 4.98 Å². The van der Waals surface area contributed by atoms with Crippen LogP contribution >= 0.6 is 0 Å². The summed E-state index contributed by atoms with van der Waals surface area (Å²) in [5, 5.41) is 8.96. The number of nitrogens with two attached hydrogens (primary N) is 1. The first-order chi connectivity index (χ1) is 7.24. The van der Waals surface area contributed by atoms with E-state index in [-0.39, 0.29) is 12.1 Å². The SMILES string of the molecule is CC1C(N)CCN1c1cccnc1C#N. The van der Waals surface area contributed by atoms with Crippen LogP contribution in [0.1, 0.15) is 19.0 Å². The van der Waals surface area contributed by atoms with Crippen LogP contribution in [0.5, 0.6) is 0 Å². The molecule has 1 aromatic rings. The second-order valence-corrected chi connectivity index (χ2v) is 3.87. The van der Waals surface area contributed by atoms with Crippen molar-refractivity contribution in [2.75, 3.05) is 11.4 Å². The van der Waals surface area contributed by atoms with E-state index < -0.39 is 0 Å². The second-order valence-electron chi connectivity index (χ2n) is 3.87. The molecule has 0 radical (unpaired) electrons. The predicted octanol–water partition coefficient (Wildman–Crippen LogP) is 0.879. The molecular weight excluding hydrogens is 188 g/mol. The van der Waals surface area contributed by atoms with E-state index in [2.05, 4.69) is 22.9 Å². The fourth-order valence-electron chi connectivity index (χ4n) is 2.02. The molecule has 4 heteroatoms. The molecule has 0 aliphatic carbocycles. The van der Waals surface area contributed by atoms with Crippen molar-refractivity contribution in [2.45, 2.75) is 25.4 Å². The van der Waals surface area contributed by atoms with E-state index in [4.69, 9.17) is 11.0 Å². The lowest BCUT2D eigenvalue weighted by Crippen LogP contribution is -2.37. The smallest absolute Gasteiger partial charge is 0.163 e. The van der Waals surface area contributed by atoms with Crippen LogP contribution in [0.3, 0.4) is 0 Å². The molecular formula is C11H14N4. The number of aromatic nitrogens is 1. The first-order valence-corrected chi connectivity index (χ1v) is 5.11. The predicted molar refractivity (Wildman–Crippen MR) is 58.4 cm³/mol. The number of rotatable bonds is 1. The lowest BCUT2D eigenvalue weighted by Gasteiger charge is -2.25. The first-order valence-electron chi connectivity index (χ1n) is 5.11. The molecule has 15 heavy (non-hydrogen) atoms. The van der Waals surface area contributed by atoms with Gasteiger partial charge in [0, 0.05) is 24.8 Å². The molecule has 0 amide bonds. The topological polar surface area (TPSA) is 65.9 Å². The number of anilines is 1. The molecule has 2 heterocycles. The summed E-state index contributed by atoms with van der Waals surface area (Å²) in [5.74, 6) is 0. The van der Waals surface area contributed by atoms with Gasteiger partial charge in [-0.3, -0.25) is 0 Å². The van der Waals surface area contributed by atoms with E-state index >= 15 is 0 Å². The standard InChI is InChI=1S/C11H14N4/c1-8-9(13)4-6-15(8)11-3-2-5-14-10(11)7-12/h2-3,5,8-9H,4,6,13H2,1H3. The van der Waals surface area contributed by atoms with Crippen molar-refractivity contribution in [3.05, 3.63) is 24.0 Å². The largest absolute Gasteiger partial charge is 0.365 e. The van der Waals surface area contributed by atoms with E-state index in [0.717, 1.165) is 18.7 Å². The fraction of sp³-hybridized carbons (Fsp3) is 0.455. The maximum atomic E-state index is 8.96. The van der Waals surface area contributed by atoms with Gasteiger partial charge in [0.25, 0.3) is 0 Å². The van der Waals surface area contributed by atoms with Gasteiger partial charge in [0.05, 0.1) is 5.69 Å². The van der Waals surface area contributed by atoms with Crippen LogP contribution in [0.25, 0.3) is 0 Å². The highest BCUT2D eigenvalue weighted by Crippen LogP contribution is 2.26. The molecule has 2 unspecified atom stereocenters. The minimum Gasteiger partial charge on any atom is -0.365 e. The van der Waals surface area contributed by atoms with E-state index in [1.165, 1.54) is 0 Å². The summed E-state index contributed by atoms with van der Waals surface area (Å²) >= 11 is 0. The van der Waals surface area contributed by atoms with Gasteiger partial charge in [0.2, 0.25) is 0 Å². The number of hydrogen-bond acceptors (Lipinski definition) is 4. The lowest BCUT2D eigenvalue weighted by molar-refractivity contribution is 0.624. The van der Waals surface area contributed by atoms with Crippen molar-refractivity contribution in [1.29, 1.82) is 5.26 Å². The Kier molecular flexibility index (Phi) is 2.57. The molecule has 1 saturated heterocycles. The highest BCUT2D eigenvalue weighted by Gasteiger charge is 2.29. The highest BCUT2D eigenvalue weighted by atomic mass is 15.2. The van der Waals surface area contributed by atoms with Crippen molar-refractivity contribution in [2.24, 2.45) is 5.73 Å². The third-order valence-corrected chi connectivity index (χ3v) is 3.02. The number of hydrogen-bond donors (Lipinski definition) is 1. The third kappa shape index (κ3) is 1.66. The zero-order valence-electron chi connectivity index (χ0n) is 8.72. The van der Waals surface area contributed by atoms with Gasteiger partial charge in [-0.2, -0.15) is 5.26 Å². The van der Waals surface area contributed by atoms with E-state index in [1.807, 2.05) is 12.1 Å². The number of nitrogens with zero attached hydrogens (tertiary/aromatic N) is 3. The molecule has 1 aliphatic rings. The lowest BCUT2D eigenvalue weighted by atomic mass is 10.1. The van der Waals surface area contributed by atoms with Gasteiger partial charge < -0.3 is 10.6 Å². The number of pyridine rings is 1. The number of nitriles is 1. The Morgan fingerprint density at radius 2 is 2.47 bits per heavy atom. The van der Waals surface area contributed by atoms with Gasteiger partial charge in [-0.1, -0.05) is 0 Å². The van der Waals surface area contributed by atoms with Gasteiger partial charge in [0.15, 0.2) is 5.69 Å². The first kappa shape index (κ1) is 9.94. The maximum absolute atomic E-state index is 8.96. The summed E-state index contributed by atoms with van der Waals surface area (Å²) < 4.78 is 0. The van der Waals surface area contributed by atoms with Crippen molar-refractivity contribution in [3.63, 3.8) is 0 Å². The zero-order chi connectivity index (χ0) is 10.8. The van der Waals surface area contributed by atoms with Crippen LogP contribution in [-0.4, -0.2) is 23.6 Å². The van der Waals surface area contributed by atoms with Gasteiger partial charge >= 0.3 is 0 Å². The van der Waals surface area contributed by atoms with E-state index in [9.17, 15) is 0 Å². The Morgan fingerprint density at radius 1 is 1.67 bits per heavy atom. The average Bonchev–Trinajstić information content (AvgIpc) is 2.60. The summed E-state index contributed by atoms with van der Waals surface area (Å²) in [6, 6.07) is 6.37. The van der Waals surface area contributed by atoms with Gasteiger partial charge in [0.1, 0.15) is 6.07 Å². The highest BCUT2D eigenvalue weighted by molar-refractivity contribution is 5.57. The molecule has 2 N–H and O–H groups in total. The molecule has 0 aromatic carbocycles. The summed E-state index contributed by atoms with van der Waals surface area (Å²) in [5.41, 5.74) is 7.34. The van der Waals surface area contributed by atoms with Crippen molar-refractivity contribution in [1.82, 2.24) is 4.98 Å². The van der Waals surface area contributed by atoms with E-state index in [1.54, 1.807) is 6.20 Å². The molecule has 2 atom stereocenters. The second kappa shape index (κ2) is 3.87. The van der Waals surface area contributed by atoms with Crippen LogP contribution in [0, 0.1) is 11.3 Å².